The van der Waals surface area contributed by atoms with Crippen LogP contribution < -0.4 is 0 Å². The molecule has 138 valence electrons. The largest absolute Gasteiger partial charge is 0.462 e. The number of ether oxygens (including phenoxy) is 1. The van der Waals surface area contributed by atoms with Crippen LogP contribution in [0.4, 0.5) is 0 Å². The fraction of sp³-hybridized carbons (Fsp3) is 0.545. The molecule has 0 aromatic heterocycles. The average molecular weight is 344 g/mol. The van der Waals surface area contributed by atoms with Gasteiger partial charge in [0.2, 0.25) is 0 Å². The van der Waals surface area contributed by atoms with Crippen molar-refractivity contribution < 1.29 is 14.3 Å². The third kappa shape index (κ3) is 7.25. The summed E-state index contributed by atoms with van der Waals surface area (Å²) in [7, 11) is 0. The highest BCUT2D eigenvalue weighted by Crippen LogP contribution is 2.41. The van der Waals surface area contributed by atoms with Crippen LogP contribution >= 0.6 is 0 Å². The summed E-state index contributed by atoms with van der Waals surface area (Å²) in [6.45, 7) is 12.1. The highest BCUT2D eigenvalue weighted by molar-refractivity contribution is 5.98. The Morgan fingerprint density at radius 2 is 1.88 bits per heavy atom. The molecule has 0 heterocycles. The van der Waals surface area contributed by atoms with E-state index in [0.29, 0.717) is 6.42 Å². The van der Waals surface area contributed by atoms with E-state index in [1.807, 2.05) is 38.2 Å². The van der Waals surface area contributed by atoms with Crippen LogP contribution in [-0.4, -0.2) is 18.4 Å². The van der Waals surface area contributed by atoms with Crippen molar-refractivity contribution in [2.45, 2.75) is 67.2 Å². The molecule has 3 nitrogen and oxygen atoms in total. The van der Waals surface area contributed by atoms with E-state index >= 15 is 0 Å². The fourth-order valence-electron chi connectivity index (χ4n) is 3.36. The molecule has 3 heteroatoms. The SMILES string of the molecule is CC(=O)OC/C=C(C)/C=C/C=C(\C)CC(=O)C1=C(C)CCCC1(C)C. The maximum Gasteiger partial charge on any atom is 0.302 e. The first-order valence-electron chi connectivity index (χ1n) is 9.01. The van der Waals surface area contributed by atoms with Crippen molar-refractivity contribution in [2.24, 2.45) is 5.41 Å². The number of rotatable bonds is 7. The molecule has 1 rings (SSSR count). The summed E-state index contributed by atoms with van der Waals surface area (Å²) in [5, 5.41) is 0. The van der Waals surface area contributed by atoms with Gasteiger partial charge in [-0.3, -0.25) is 9.59 Å². The van der Waals surface area contributed by atoms with Crippen LogP contribution in [0.1, 0.15) is 67.2 Å². The maximum absolute atomic E-state index is 12.8. The predicted octanol–water partition coefficient (Wildman–Crippen LogP) is 5.48. The zero-order valence-electron chi connectivity index (χ0n) is 16.6. The van der Waals surface area contributed by atoms with E-state index in [4.69, 9.17) is 4.74 Å². The first-order valence-corrected chi connectivity index (χ1v) is 9.01. The van der Waals surface area contributed by atoms with Gasteiger partial charge in [-0.1, -0.05) is 48.8 Å². The minimum Gasteiger partial charge on any atom is -0.462 e. The first kappa shape index (κ1) is 21.1. The summed E-state index contributed by atoms with van der Waals surface area (Å²) < 4.78 is 4.87. The molecule has 25 heavy (non-hydrogen) atoms. The van der Waals surface area contributed by atoms with Gasteiger partial charge in [-0.2, -0.15) is 0 Å². The highest BCUT2D eigenvalue weighted by atomic mass is 16.5. The fourth-order valence-corrected chi connectivity index (χ4v) is 3.36. The summed E-state index contributed by atoms with van der Waals surface area (Å²) in [4.78, 5) is 23.5. The number of allylic oxidation sites excluding steroid dienone is 7. The average Bonchev–Trinajstić information content (AvgIpc) is 2.45. The second kappa shape index (κ2) is 9.55. The molecule has 0 bridgehead atoms. The molecule has 0 spiro atoms. The minimum absolute atomic E-state index is 0.00836. The lowest BCUT2D eigenvalue weighted by Gasteiger charge is -2.33. The molecule has 0 saturated heterocycles. The van der Waals surface area contributed by atoms with Crippen LogP contribution in [0, 0.1) is 5.41 Å². The summed E-state index contributed by atoms with van der Waals surface area (Å²) in [6, 6.07) is 0. The molecule has 0 aromatic carbocycles. The molecule has 0 aromatic rings. The van der Waals surface area contributed by atoms with E-state index in [1.54, 1.807) is 0 Å². The Bertz CT molecular complexity index is 628. The van der Waals surface area contributed by atoms with E-state index in [-0.39, 0.29) is 23.8 Å². The Hall–Kier alpha value is -1.90. The quantitative estimate of drug-likeness (QED) is 0.453. The van der Waals surface area contributed by atoms with Crippen molar-refractivity contribution >= 4 is 11.8 Å². The van der Waals surface area contributed by atoms with Crippen molar-refractivity contribution in [1.29, 1.82) is 0 Å². The molecule has 0 aliphatic heterocycles. The van der Waals surface area contributed by atoms with Gasteiger partial charge in [0.25, 0.3) is 0 Å². The molecule has 0 unspecified atom stereocenters. The van der Waals surface area contributed by atoms with Crippen LogP contribution in [-0.2, 0) is 14.3 Å². The van der Waals surface area contributed by atoms with E-state index in [0.717, 1.165) is 29.6 Å². The highest BCUT2D eigenvalue weighted by Gasteiger charge is 2.32. The molecule has 0 N–H and O–H groups in total. The Kier molecular flexibility index (Phi) is 8.08. The van der Waals surface area contributed by atoms with Gasteiger partial charge in [0.1, 0.15) is 6.61 Å². The third-order valence-electron chi connectivity index (χ3n) is 4.61. The lowest BCUT2D eigenvalue weighted by atomic mass is 9.70. The second-order valence-electron chi connectivity index (χ2n) is 7.62. The molecule has 0 fully saturated rings. The zero-order chi connectivity index (χ0) is 19.0. The maximum atomic E-state index is 12.8. The molecular weight excluding hydrogens is 312 g/mol. The van der Waals surface area contributed by atoms with Crippen LogP contribution in [0.15, 0.2) is 46.6 Å². The van der Waals surface area contributed by atoms with Crippen molar-refractivity contribution in [3.63, 3.8) is 0 Å². The summed E-state index contributed by atoms with van der Waals surface area (Å²) in [5.74, 6) is -0.0241. The molecule has 0 atom stereocenters. The van der Waals surface area contributed by atoms with Crippen LogP contribution in [0.2, 0.25) is 0 Å². The van der Waals surface area contributed by atoms with Gasteiger partial charge < -0.3 is 4.74 Å². The van der Waals surface area contributed by atoms with Gasteiger partial charge >= 0.3 is 5.97 Å². The Balaban J connectivity index is 2.67. The van der Waals surface area contributed by atoms with Gasteiger partial charge in [-0.05, 0) is 57.1 Å². The smallest absolute Gasteiger partial charge is 0.302 e. The lowest BCUT2D eigenvalue weighted by Crippen LogP contribution is -2.26. The molecule has 0 saturated carbocycles. The number of carbonyl (C=O) groups excluding carboxylic acids is 2. The van der Waals surface area contributed by atoms with Crippen molar-refractivity contribution in [1.82, 2.24) is 0 Å². The van der Waals surface area contributed by atoms with E-state index in [1.165, 1.54) is 18.9 Å². The lowest BCUT2D eigenvalue weighted by molar-refractivity contribution is -0.139. The standard InChI is InChI=1S/C22H32O3/c1-16(12-14-25-19(4)23)9-7-10-17(2)15-20(24)21-18(3)11-8-13-22(21,5)6/h7,9-10,12H,8,11,13-15H2,1-6H3/b9-7+,16-12+,17-10+. The van der Waals surface area contributed by atoms with Crippen molar-refractivity contribution in [2.75, 3.05) is 6.61 Å². The van der Waals surface area contributed by atoms with Crippen LogP contribution in [0.25, 0.3) is 0 Å². The zero-order valence-corrected chi connectivity index (χ0v) is 16.6. The number of hydrogen-bond donors (Lipinski definition) is 0. The van der Waals surface area contributed by atoms with Gasteiger partial charge in [0.15, 0.2) is 5.78 Å². The normalized spacial score (nSPS) is 18.6. The molecular formula is C22H32O3. The number of carbonyl (C=O) groups is 2. The number of Topliss-reactive ketones (excluding diaryl/α,β-unsaturated/α-hetero) is 1. The third-order valence-corrected chi connectivity index (χ3v) is 4.61. The number of hydrogen-bond acceptors (Lipinski definition) is 3. The van der Waals surface area contributed by atoms with Gasteiger partial charge in [-0.15, -0.1) is 0 Å². The minimum atomic E-state index is -0.280. The molecule has 1 aliphatic carbocycles. The molecule has 1 aliphatic rings. The molecule has 0 amide bonds. The Labute approximate surface area is 152 Å². The number of ketones is 1. The summed E-state index contributed by atoms with van der Waals surface area (Å²) in [5.41, 5.74) is 4.35. The van der Waals surface area contributed by atoms with E-state index in [9.17, 15) is 9.59 Å². The number of esters is 1. The molecule has 0 radical (unpaired) electrons. The predicted molar refractivity (Wildman–Crippen MR) is 103 cm³/mol. The van der Waals surface area contributed by atoms with E-state index < -0.39 is 0 Å². The monoisotopic (exact) mass is 344 g/mol. The van der Waals surface area contributed by atoms with Crippen molar-refractivity contribution in [3.8, 4) is 0 Å². The topological polar surface area (TPSA) is 43.4 Å². The van der Waals surface area contributed by atoms with Crippen LogP contribution in [0.5, 0.6) is 0 Å². The Morgan fingerprint density at radius 1 is 1.20 bits per heavy atom. The van der Waals surface area contributed by atoms with Gasteiger partial charge in [0.05, 0.1) is 0 Å². The Morgan fingerprint density at radius 3 is 2.48 bits per heavy atom. The van der Waals surface area contributed by atoms with Crippen LogP contribution in [0.3, 0.4) is 0 Å². The second-order valence-corrected chi connectivity index (χ2v) is 7.62. The summed E-state index contributed by atoms with van der Waals surface area (Å²) >= 11 is 0. The first-order chi connectivity index (χ1) is 11.6. The van der Waals surface area contributed by atoms with Gasteiger partial charge in [0, 0.05) is 13.3 Å². The van der Waals surface area contributed by atoms with Crippen molar-refractivity contribution in [3.05, 3.63) is 46.6 Å². The van der Waals surface area contributed by atoms with E-state index in [2.05, 4.69) is 20.8 Å². The summed E-state index contributed by atoms with van der Waals surface area (Å²) in [6.07, 6.45) is 11.5. The van der Waals surface area contributed by atoms with Gasteiger partial charge in [-0.25, -0.2) is 0 Å².